The van der Waals surface area contributed by atoms with Crippen molar-refractivity contribution >= 4 is 43.1 Å². The lowest BCUT2D eigenvalue weighted by Gasteiger charge is -2.35. The summed E-state index contributed by atoms with van der Waals surface area (Å²) in [6, 6.07) is 13.0. The van der Waals surface area contributed by atoms with Gasteiger partial charge >= 0.3 is 7.12 Å². The van der Waals surface area contributed by atoms with Crippen molar-refractivity contribution in [2.45, 2.75) is 52.8 Å². The minimum atomic E-state index is -1.45. The topological polar surface area (TPSA) is 40.5 Å². The minimum Gasteiger partial charge on any atom is -0.423 e. The Kier molecular flexibility index (Phi) is 4.16. The molecule has 2 aromatic carbocycles. The molecule has 0 spiro atoms. The van der Waals surface area contributed by atoms with Crippen LogP contribution in [0.15, 0.2) is 53.6 Å². The largest absolute Gasteiger partial charge is 0.488 e. The zero-order chi connectivity index (χ0) is 22.5. The Hall–Kier alpha value is -2.14. The number of rotatable bonds is 2. The van der Waals surface area contributed by atoms with Crippen molar-refractivity contribution in [3.05, 3.63) is 75.2 Å². The Labute approximate surface area is 186 Å². The van der Waals surface area contributed by atoms with Crippen LogP contribution in [0.5, 0.6) is 0 Å². The fraction of sp³-hybridized carbons (Fsp3) is 0.333. The van der Waals surface area contributed by atoms with Gasteiger partial charge in [-0.05, 0) is 55.4 Å². The van der Waals surface area contributed by atoms with Crippen molar-refractivity contribution in [2.24, 2.45) is 5.41 Å². The number of fused-ring (bicyclic) bond motifs is 5. The predicted octanol–water partition coefficient (Wildman–Crippen LogP) is 2.57. The van der Waals surface area contributed by atoms with Crippen LogP contribution in [-0.4, -0.2) is 25.2 Å². The molecule has 2 nitrogen and oxygen atoms in total. The minimum absolute atomic E-state index is 0.0825. The average Bonchev–Trinajstić information content (AvgIpc) is 3.14. The third-order valence-electron chi connectivity index (χ3n) is 7.38. The molecule has 0 radical (unpaired) electrons. The van der Waals surface area contributed by atoms with Gasteiger partial charge in [-0.15, -0.1) is 0 Å². The number of hydrogen-bond donors (Lipinski definition) is 2. The van der Waals surface area contributed by atoms with Gasteiger partial charge in [-0.1, -0.05) is 95.0 Å². The predicted molar refractivity (Wildman–Crippen MR) is 135 cm³/mol. The van der Waals surface area contributed by atoms with Gasteiger partial charge in [0.25, 0.3) is 0 Å². The Morgan fingerprint density at radius 2 is 1.58 bits per heavy atom. The first-order valence-electron chi connectivity index (χ1n) is 11.2. The molecular formula is C27H31BO2Si. The van der Waals surface area contributed by atoms with E-state index in [0.29, 0.717) is 5.46 Å². The second-order valence-electron chi connectivity index (χ2n) is 11.4. The van der Waals surface area contributed by atoms with Gasteiger partial charge in [-0.2, -0.15) is 0 Å². The van der Waals surface area contributed by atoms with E-state index in [4.69, 9.17) is 0 Å². The maximum absolute atomic E-state index is 9.75. The van der Waals surface area contributed by atoms with Gasteiger partial charge in [-0.25, -0.2) is 0 Å². The first-order chi connectivity index (χ1) is 14.3. The summed E-state index contributed by atoms with van der Waals surface area (Å²) in [7, 11) is -2.86. The van der Waals surface area contributed by atoms with Crippen LogP contribution in [0.25, 0.3) is 17.2 Å². The van der Waals surface area contributed by atoms with E-state index in [1.807, 2.05) is 12.1 Å². The highest BCUT2D eigenvalue weighted by atomic mass is 28.3. The van der Waals surface area contributed by atoms with Gasteiger partial charge in [-0.3, -0.25) is 0 Å². The maximum atomic E-state index is 9.75. The molecule has 2 aromatic rings. The van der Waals surface area contributed by atoms with Crippen LogP contribution in [0.1, 0.15) is 38.8 Å². The second kappa shape index (κ2) is 6.22. The lowest BCUT2D eigenvalue weighted by Crippen LogP contribution is -2.42. The molecule has 0 unspecified atom stereocenters. The summed E-state index contributed by atoms with van der Waals surface area (Å²) >= 11 is 0. The second-order valence-corrected chi connectivity index (χ2v) is 16.5. The summed E-state index contributed by atoms with van der Waals surface area (Å²) in [4.78, 5) is 0. The molecule has 5 rings (SSSR count). The monoisotopic (exact) mass is 426 g/mol. The SMILES string of the molecule is CC1(C)C=C2C(=C3C=c4ccc([Si](C)(C)C)cc4=C31)C(C)(C)c1cc(B(O)O)ccc12. The van der Waals surface area contributed by atoms with Crippen LogP contribution in [0, 0.1) is 5.41 Å². The maximum Gasteiger partial charge on any atom is 0.488 e. The molecule has 0 heterocycles. The molecule has 31 heavy (non-hydrogen) atoms. The first kappa shape index (κ1) is 20.7. The van der Waals surface area contributed by atoms with Crippen LogP contribution in [0.4, 0.5) is 0 Å². The van der Waals surface area contributed by atoms with E-state index in [1.54, 1.807) is 0 Å². The molecule has 0 saturated carbocycles. The molecule has 0 aliphatic heterocycles. The van der Waals surface area contributed by atoms with Crippen molar-refractivity contribution in [2.75, 3.05) is 0 Å². The summed E-state index contributed by atoms with van der Waals surface area (Å²) in [5.74, 6) is 0. The summed E-state index contributed by atoms with van der Waals surface area (Å²) in [6.45, 7) is 16.4. The summed E-state index contributed by atoms with van der Waals surface area (Å²) in [6.07, 6.45) is 4.83. The van der Waals surface area contributed by atoms with E-state index in [2.05, 4.69) is 83.8 Å². The summed E-state index contributed by atoms with van der Waals surface area (Å²) in [5, 5.41) is 23.7. The molecule has 0 amide bonds. The Bertz CT molecular complexity index is 1330. The van der Waals surface area contributed by atoms with E-state index in [-0.39, 0.29) is 10.8 Å². The molecule has 0 bridgehead atoms. The zero-order valence-electron chi connectivity index (χ0n) is 19.6. The molecule has 0 atom stereocenters. The van der Waals surface area contributed by atoms with Crippen LogP contribution >= 0.6 is 0 Å². The van der Waals surface area contributed by atoms with Gasteiger partial charge in [0.2, 0.25) is 0 Å². The first-order valence-corrected chi connectivity index (χ1v) is 14.7. The van der Waals surface area contributed by atoms with E-state index < -0.39 is 15.2 Å². The highest BCUT2D eigenvalue weighted by Gasteiger charge is 2.46. The van der Waals surface area contributed by atoms with Gasteiger partial charge < -0.3 is 10.0 Å². The van der Waals surface area contributed by atoms with Gasteiger partial charge in [0, 0.05) is 10.8 Å². The Morgan fingerprint density at radius 3 is 2.23 bits per heavy atom. The van der Waals surface area contributed by atoms with Crippen LogP contribution in [-0.2, 0) is 5.41 Å². The molecule has 0 fully saturated rings. The van der Waals surface area contributed by atoms with E-state index in [0.717, 1.165) is 0 Å². The number of benzene rings is 2. The number of allylic oxidation sites excluding steroid dienone is 4. The zero-order valence-corrected chi connectivity index (χ0v) is 20.6. The molecule has 4 heteroatoms. The van der Waals surface area contributed by atoms with Gasteiger partial charge in [0.1, 0.15) is 0 Å². The van der Waals surface area contributed by atoms with Crippen molar-refractivity contribution in [3.63, 3.8) is 0 Å². The third kappa shape index (κ3) is 2.85. The van der Waals surface area contributed by atoms with Crippen molar-refractivity contribution < 1.29 is 10.0 Å². The van der Waals surface area contributed by atoms with Gasteiger partial charge in [0.15, 0.2) is 0 Å². The summed E-state index contributed by atoms with van der Waals surface area (Å²) < 4.78 is 0. The molecule has 0 aromatic heterocycles. The molecule has 158 valence electrons. The summed E-state index contributed by atoms with van der Waals surface area (Å²) in [5.41, 5.74) is 8.13. The normalized spacial score (nSPS) is 19.9. The van der Waals surface area contributed by atoms with E-state index >= 15 is 0 Å². The van der Waals surface area contributed by atoms with Crippen LogP contribution in [0.3, 0.4) is 0 Å². The smallest absolute Gasteiger partial charge is 0.423 e. The van der Waals surface area contributed by atoms with Gasteiger partial charge in [0.05, 0.1) is 8.07 Å². The standard InChI is InChI=1S/C27H31BO2Si/c1-26(2)15-22-19-11-9-17(28(29)30)13-23(19)27(3,4)25(22)21-12-16-8-10-18(31(5,6)7)14-20(16)24(21)26/h8-15,29-30H,1-7H3. The molecular weight excluding hydrogens is 395 g/mol. The quantitative estimate of drug-likeness (QED) is 0.725. The Morgan fingerprint density at radius 1 is 0.871 bits per heavy atom. The molecule has 0 saturated heterocycles. The van der Waals surface area contributed by atoms with Crippen molar-refractivity contribution in [1.82, 2.24) is 0 Å². The highest BCUT2D eigenvalue weighted by Crippen LogP contribution is 2.57. The van der Waals surface area contributed by atoms with Crippen molar-refractivity contribution in [3.8, 4) is 0 Å². The lowest BCUT2D eigenvalue weighted by molar-refractivity contribution is 0.425. The molecule has 2 N–H and O–H groups in total. The Balaban J connectivity index is 1.85. The average molecular weight is 426 g/mol. The van der Waals surface area contributed by atoms with Crippen LogP contribution in [0.2, 0.25) is 19.6 Å². The number of hydrogen-bond acceptors (Lipinski definition) is 2. The third-order valence-corrected chi connectivity index (χ3v) is 9.42. The molecule has 3 aliphatic carbocycles. The van der Waals surface area contributed by atoms with E-state index in [1.165, 1.54) is 49.0 Å². The lowest BCUT2D eigenvalue weighted by atomic mass is 9.68. The van der Waals surface area contributed by atoms with Crippen LogP contribution < -0.4 is 21.1 Å². The van der Waals surface area contributed by atoms with E-state index in [9.17, 15) is 10.0 Å². The highest BCUT2D eigenvalue weighted by molar-refractivity contribution is 6.88. The fourth-order valence-corrected chi connectivity index (χ4v) is 6.94. The van der Waals surface area contributed by atoms with Crippen molar-refractivity contribution in [1.29, 1.82) is 0 Å². The molecule has 3 aliphatic rings. The fourth-order valence-electron chi connectivity index (χ4n) is 5.77.